The van der Waals surface area contributed by atoms with Crippen LogP contribution in [0.15, 0.2) is 48.6 Å². The third kappa shape index (κ3) is 56.0. The maximum atomic E-state index is 13.0. The van der Waals surface area contributed by atoms with Crippen molar-refractivity contribution < 1.29 is 32.9 Å². The van der Waals surface area contributed by atoms with Gasteiger partial charge in [0.05, 0.1) is 39.9 Å². The van der Waals surface area contributed by atoms with Gasteiger partial charge in [-0.1, -0.05) is 281 Å². The van der Waals surface area contributed by atoms with Gasteiger partial charge in [0.25, 0.3) is 7.82 Å². The zero-order chi connectivity index (χ0) is 52.0. The summed E-state index contributed by atoms with van der Waals surface area (Å²) >= 11 is 0. The summed E-state index contributed by atoms with van der Waals surface area (Å²) in [5.41, 5.74) is 0. The van der Waals surface area contributed by atoms with E-state index in [0.29, 0.717) is 23.9 Å². The summed E-state index contributed by atoms with van der Waals surface area (Å²) in [5.74, 6) is -0.161. The van der Waals surface area contributed by atoms with Crippen molar-refractivity contribution in [2.45, 2.75) is 302 Å². The quantitative estimate of drug-likeness (QED) is 0.0272. The van der Waals surface area contributed by atoms with Gasteiger partial charge in [0.2, 0.25) is 5.91 Å². The van der Waals surface area contributed by atoms with E-state index in [1.54, 1.807) is 0 Å². The first-order valence-electron chi connectivity index (χ1n) is 30.5. The Morgan fingerprint density at radius 2 is 0.859 bits per heavy atom. The van der Waals surface area contributed by atoms with Gasteiger partial charge in [0.15, 0.2) is 0 Å². The van der Waals surface area contributed by atoms with Gasteiger partial charge in [0, 0.05) is 6.42 Å². The van der Waals surface area contributed by atoms with Gasteiger partial charge in [-0.25, -0.2) is 0 Å². The number of nitrogens with one attached hydrogen (secondary N) is 1. The normalized spacial score (nSPS) is 14.2. The second-order valence-corrected chi connectivity index (χ2v) is 23.4. The molecule has 0 heterocycles. The number of allylic oxidation sites excluding steroid dienone is 8. The second-order valence-electron chi connectivity index (χ2n) is 22.0. The molecular weight excluding hydrogens is 900 g/mol. The second kappa shape index (κ2) is 53.3. The number of carbonyl (C=O) groups excluding carboxylic acids is 1. The maximum absolute atomic E-state index is 13.0. The number of aliphatic hydroxyl groups is 1. The van der Waals surface area contributed by atoms with Crippen LogP contribution in [0.3, 0.4) is 0 Å². The molecule has 0 fully saturated rings. The first kappa shape index (κ1) is 69.5. The molecule has 0 aromatic rings. The predicted octanol–water partition coefficient (Wildman–Crippen LogP) is 18.1. The Hall–Kier alpha value is -1.54. The van der Waals surface area contributed by atoms with Crippen molar-refractivity contribution in [3.8, 4) is 0 Å². The van der Waals surface area contributed by atoms with Gasteiger partial charge in [0.1, 0.15) is 13.2 Å². The fraction of sp³-hybridized carbons (Fsp3) is 0.855. The summed E-state index contributed by atoms with van der Waals surface area (Å²) in [6, 6.07) is -0.798. The van der Waals surface area contributed by atoms with E-state index in [4.69, 9.17) is 9.05 Å². The molecule has 3 unspecified atom stereocenters. The van der Waals surface area contributed by atoms with Crippen molar-refractivity contribution in [2.24, 2.45) is 0 Å². The SMILES string of the molecule is CC/C=C\C/C=C\C/C=C\C/C=C\CCCCCCCCCCCCCCCCCCCCCCCCCCC(=O)NC(COP(=O)([O-])OCC[N+](C)(C)C)C(O)CCCCCCCCCCCCCC. The van der Waals surface area contributed by atoms with Crippen LogP contribution in [-0.2, 0) is 18.4 Å². The standard InChI is InChI=1S/C62H119N2O6P/c1-6-8-10-12-14-16-18-20-21-22-23-24-25-26-27-28-29-30-31-32-33-34-35-36-37-38-39-40-41-42-43-44-46-48-50-52-54-56-62(66)63-60(59-70-71(67,68)69-58-57-64(3,4)5)61(65)55-53-51-49-47-45-19-17-15-13-11-9-7-2/h8,10,14,16,20-21,23-24,60-61,65H,6-7,9,11-13,15,17-19,22,25-59H2,1-5H3,(H-,63,66,67,68)/b10-8-,16-14-,21-20-,24-23-. The molecule has 71 heavy (non-hydrogen) atoms. The zero-order valence-corrected chi connectivity index (χ0v) is 48.6. The number of amides is 1. The Bertz CT molecular complexity index is 1290. The average Bonchev–Trinajstić information content (AvgIpc) is 3.33. The van der Waals surface area contributed by atoms with E-state index in [-0.39, 0.29) is 19.1 Å². The third-order valence-electron chi connectivity index (χ3n) is 13.8. The highest BCUT2D eigenvalue weighted by atomic mass is 31.2. The number of hydrogen-bond acceptors (Lipinski definition) is 6. The highest BCUT2D eigenvalue weighted by Crippen LogP contribution is 2.38. The van der Waals surface area contributed by atoms with Gasteiger partial charge >= 0.3 is 0 Å². The van der Waals surface area contributed by atoms with Crippen LogP contribution in [0.4, 0.5) is 0 Å². The van der Waals surface area contributed by atoms with Gasteiger partial charge in [-0.05, 0) is 51.4 Å². The maximum Gasteiger partial charge on any atom is 0.268 e. The van der Waals surface area contributed by atoms with Crippen molar-refractivity contribution >= 4 is 13.7 Å². The molecule has 2 N–H and O–H groups in total. The van der Waals surface area contributed by atoms with Crippen LogP contribution in [0.5, 0.6) is 0 Å². The third-order valence-corrected chi connectivity index (χ3v) is 14.8. The molecule has 8 nitrogen and oxygen atoms in total. The van der Waals surface area contributed by atoms with Crippen molar-refractivity contribution in [3.63, 3.8) is 0 Å². The molecule has 0 saturated carbocycles. The first-order chi connectivity index (χ1) is 34.5. The molecule has 418 valence electrons. The van der Waals surface area contributed by atoms with Crippen LogP contribution in [0.25, 0.3) is 0 Å². The monoisotopic (exact) mass is 1020 g/mol. The molecular formula is C62H119N2O6P. The van der Waals surface area contributed by atoms with Gasteiger partial charge in [-0.15, -0.1) is 0 Å². The van der Waals surface area contributed by atoms with E-state index in [0.717, 1.165) is 64.2 Å². The number of phosphoric acid groups is 1. The number of phosphoric ester groups is 1. The van der Waals surface area contributed by atoms with Crippen LogP contribution in [-0.4, -0.2) is 68.5 Å². The Morgan fingerprint density at radius 3 is 1.25 bits per heavy atom. The summed E-state index contributed by atoms with van der Waals surface area (Å²) < 4.78 is 23.4. The zero-order valence-electron chi connectivity index (χ0n) is 47.7. The van der Waals surface area contributed by atoms with Crippen molar-refractivity contribution in [3.05, 3.63) is 48.6 Å². The van der Waals surface area contributed by atoms with E-state index >= 15 is 0 Å². The van der Waals surface area contributed by atoms with Gasteiger partial charge in [-0.3, -0.25) is 9.36 Å². The lowest BCUT2D eigenvalue weighted by Crippen LogP contribution is -2.46. The van der Waals surface area contributed by atoms with Crippen molar-refractivity contribution in [1.29, 1.82) is 0 Å². The highest BCUT2D eigenvalue weighted by molar-refractivity contribution is 7.45. The summed E-state index contributed by atoms with van der Waals surface area (Å²) in [6.45, 7) is 4.63. The molecule has 0 aliphatic heterocycles. The molecule has 0 bridgehead atoms. The lowest BCUT2D eigenvalue weighted by molar-refractivity contribution is -0.870. The smallest absolute Gasteiger partial charge is 0.268 e. The van der Waals surface area contributed by atoms with Crippen LogP contribution in [0, 0.1) is 0 Å². The molecule has 0 rings (SSSR count). The fourth-order valence-corrected chi connectivity index (χ4v) is 9.82. The molecule has 0 radical (unpaired) electrons. The number of quaternary nitrogens is 1. The molecule has 0 aromatic heterocycles. The number of unbranched alkanes of at least 4 members (excludes halogenated alkanes) is 35. The number of rotatable bonds is 56. The lowest BCUT2D eigenvalue weighted by atomic mass is 10.0. The topological polar surface area (TPSA) is 108 Å². The largest absolute Gasteiger partial charge is 0.756 e. The van der Waals surface area contributed by atoms with Crippen LogP contribution in [0.1, 0.15) is 290 Å². The lowest BCUT2D eigenvalue weighted by Gasteiger charge is -2.30. The highest BCUT2D eigenvalue weighted by Gasteiger charge is 2.24. The predicted molar refractivity (Wildman–Crippen MR) is 307 cm³/mol. The van der Waals surface area contributed by atoms with Gasteiger partial charge < -0.3 is 28.8 Å². The van der Waals surface area contributed by atoms with Gasteiger partial charge in [-0.2, -0.15) is 0 Å². The minimum atomic E-state index is -4.57. The van der Waals surface area contributed by atoms with E-state index in [1.165, 1.54) is 199 Å². The minimum Gasteiger partial charge on any atom is -0.756 e. The summed E-state index contributed by atoms with van der Waals surface area (Å²) in [7, 11) is 1.31. The Morgan fingerprint density at radius 1 is 0.507 bits per heavy atom. The number of hydrogen-bond donors (Lipinski definition) is 2. The Balaban J connectivity index is 3.87. The van der Waals surface area contributed by atoms with E-state index < -0.39 is 20.0 Å². The van der Waals surface area contributed by atoms with Crippen LogP contribution < -0.4 is 10.2 Å². The summed E-state index contributed by atoms with van der Waals surface area (Å²) in [4.78, 5) is 25.5. The fourth-order valence-electron chi connectivity index (χ4n) is 9.09. The average molecular weight is 1020 g/mol. The minimum absolute atomic E-state index is 0.0138. The van der Waals surface area contributed by atoms with E-state index in [1.807, 2.05) is 21.1 Å². The number of aliphatic hydroxyl groups excluding tert-OH is 1. The van der Waals surface area contributed by atoms with E-state index in [2.05, 4.69) is 67.8 Å². The molecule has 9 heteroatoms. The summed E-state index contributed by atoms with van der Waals surface area (Å²) in [6.07, 6.45) is 70.3. The molecule has 1 amide bonds. The Kier molecular flexibility index (Phi) is 52.1. The number of carbonyl (C=O) groups is 1. The number of likely N-dealkylation sites (N-methyl/N-ethyl adjacent to an activating group) is 1. The van der Waals surface area contributed by atoms with E-state index in [9.17, 15) is 19.4 Å². The van der Waals surface area contributed by atoms with Crippen LogP contribution in [0.2, 0.25) is 0 Å². The Labute approximate surface area is 441 Å². The van der Waals surface area contributed by atoms with Crippen molar-refractivity contribution in [1.82, 2.24) is 5.32 Å². The van der Waals surface area contributed by atoms with Crippen molar-refractivity contribution in [2.75, 3.05) is 40.9 Å². The molecule has 0 aromatic carbocycles. The van der Waals surface area contributed by atoms with Crippen LogP contribution >= 0.6 is 7.82 Å². The molecule has 0 aliphatic rings. The summed E-state index contributed by atoms with van der Waals surface area (Å²) in [5, 5.41) is 14.0. The molecule has 0 spiro atoms. The first-order valence-corrected chi connectivity index (χ1v) is 31.9. The molecule has 0 saturated heterocycles. The molecule has 3 atom stereocenters. The molecule has 0 aliphatic carbocycles. The number of nitrogens with zero attached hydrogens (tertiary/aromatic N) is 1.